The third kappa shape index (κ3) is 2.51. The Labute approximate surface area is 98.0 Å². The van der Waals surface area contributed by atoms with Crippen molar-refractivity contribution in [1.82, 2.24) is 0 Å². The van der Waals surface area contributed by atoms with E-state index < -0.39 is 0 Å². The van der Waals surface area contributed by atoms with Crippen molar-refractivity contribution in [3.05, 3.63) is 29.8 Å². The standard InChI is InChI=1S/C12H12BrNO/c13-8-12(5-6-12)9-15-11-3-1-10(7-14)2-4-11/h1-4H,5-6,8-9H2. The summed E-state index contributed by atoms with van der Waals surface area (Å²) in [5.74, 6) is 0.848. The van der Waals surface area contributed by atoms with Crippen LogP contribution in [0.25, 0.3) is 0 Å². The molecule has 15 heavy (non-hydrogen) atoms. The average Bonchev–Trinajstić information content (AvgIpc) is 3.08. The normalized spacial score (nSPS) is 16.8. The van der Waals surface area contributed by atoms with E-state index in [0.29, 0.717) is 11.0 Å². The number of alkyl halides is 1. The molecule has 0 N–H and O–H groups in total. The predicted octanol–water partition coefficient (Wildman–Crippen LogP) is 3.11. The molecule has 0 aromatic heterocycles. The van der Waals surface area contributed by atoms with E-state index in [2.05, 4.69) is 22.0 Å². The number of nitriles is 1. The summed E-state index contributed by atoms with van der Waals surface area (Å²) in [4.78, 5) is 0. The number of rotatable bonds is 4. The lowest BCUT2D eigenvalue weighted by molar-refractivity contribution is 0.251. The first-order valence-corrected chi connectivity index (χ1v) is 6.09. The second kappa shape index (κ2) is 4.24. The van der Waals surface area contributed by atoms with E-state index in [1.807, 2.05) is 12.1 Å². The molecule has 1 fully saturated rings. The molecule has 0 radical (unpaired) electrons. The van der Waals surface area contributed by atoms with Crippen LogP contribution in [0.15, 0.2) is 24.3 Å². The molecular formula is C12H12BrNO. The Hall–Kier alpha value is -1.01. The fourth-order valence-corrected chi connectivity index (χ4v) is 2.08. The molecule has 78 valence electrons. The molecule has 0 unspecified atom stereocenters. The van der Waals surface area contributed by atoms with E-state index in [-0.39, 0.29) is 0 Å². The zero-order chi connectivity index (χ0) is 10.7. The molecule has 1 aliphatic rings. The lowest BCUT2D eigenvalue weighted by atomic mass is 10.2. The van der Waals surface area contributed by atoms with Gasteiger partial charge in [0.05, 0.1) is 18.2 Å². The van der Waals surface area contributed by atoms with Crippen molar-refractivity contribution in [3.8, 4) is 11.8 Å². The molecule has 0 heterocycles. The van der Waals surface area contributed by atoms with Gasteiger partial charge in [0.1, 0.15) is 5.75 Å². The van der Waals surface area contributed by atoms with Crippen molar-refractivity contribution in [2.24, 2.45) is 5.41 Å². The highest BCUT2D eigenvalue weighted by Crippen LogP contribution is 2.47. The van der Waals surface area contributed by atoms with Crippen molar-refractivity contribution in [1.29, 1.82) is 5.26 Å². The molecule has 2 rings (SSSR count). The highest BCUT2D eigenvalue weighted by molar-refractivity contribution is 9.09. The van der Waals surface area contributed by atoms with Gasteiger partial charge >= 0.3 is 0 Å². The predicted molar refractivity (Wildman–Crippen MR) is 62.1 cm³/mol. The van der Waals surface area contributed by atoms with Crippen LogP contribution in [0.2, 0.25) is 0 Å². The highest BCUT2D eigenvalue weighted by Gasteiger charge is 2.42. The third-order valence-electron chi connectivity index (χ3n) is 2.77. The van der Waals surface area contributed by atoms with Gasteiger partial charge in [0.25, 0.3) is 0 Å². The Bertz CT molecular complexity index is 376. The molecule has 2 nitrogen and oxygen atoms in total. The summed E-state index contributed by atoms with van der Waals surface area (Å²) >= 11 is 3.51. The quantitative estimate of drug-likeness (QED) is 0.784. The van der Waals surface area contributed by atoms with Gasteiger partial charge in [0, 0.05) is 10.7 Å². The molecule has 0 bridgehead atoms. The molecule has 0 aliphatic heterocycles. The van der Waals surface area contributed by atoms with Crippen LogP contribution in [0.3, 0.4) is 0 Å². The summed E-state index contributed by atoms with van der Waals surface area (Å²) in [6.07, 6.45) is 2.49. The summed E-state index contributed by atoms with van der Waals surface area (Å²) in [5.41, 5.74) is 1.04. The van der Waals surface area contributed by atoms with Crippen molar-refractivity contribution >= 4 is 15.9 Å². The fraction of sp³-hybridized carbons (Fsp3) is 0.417. The third-order valence-corrected chi connectivity index (χ3v) is 3.96. The maximum atomic E-state index is 8.64. The van der Waals surface area contributed by atoms with Gasteiger partial charge in [-0.1, -0.05) is 15.9 Å². The van der Waals surface area contributed by atoms with E-state index in [0.717, 1.165) is 17.7 Å². The molecular weight excluding hydrogens is 254 g/mol. The van der Waals surface area contributed by atoms with Crippen LogP contribution < -0.4 is 4.74 Å². The lowest BCUT2D eigenvalue weighted by Crippen LogP contribution is -2.14. The van der Waals surface area contributed by atoms with E-state index >= 15 is 0 Å². The van der Waals surface area contributed by atoms with Gasteiger partial charge in [0.15, 0.2) is 0 Å². The summed E-state index contributed by atoms with van der Waals surface area (Å²) in [7, 11) is 0. The maximum absolute atomic E-state index is 8.64. The topological polar surface area (TPSA) is 33.0 Å². The number of ether oxygens (including phenoxy) is 1. The molecule has 0 saturated heterocycles. The first-order valence-electron chi connectivity index (χ1n) is 4.97. The number of hydrogen-bond acceptors (Lipinski definition) is 2. The minimum atomic E-state index is 0.369. The van der Waals surface area contributed by atoms with E-state index in [1.54, 1.807) is 12.1 Å². The van der Waals surface area contributed by atoms with E-state index in [9.17, 15) is 0 Å². The Balaban J connectivity index is 1.91. The first-order chi connectivity index (χ1) is 7.28. The summed E-state index contributed by atoms with van der Waals surface area (Å²) < 4.78 is 5.68. The van der Waals surface area contributed by atoms with Gasteiger partial charge in [-0.15, -0.1) is 0 Å². The second-order valence-corrected chi connectivity index (χ2v) is 4.62. The molecule has 1 saturated carbocycles. The number of nitrogens with zero attached hydrogens (tertiary/aromatic N) is 1. The second-order valence-electron chi connectivity index (χ2n) is 4.06. The number of benzene rings is 1. The Kier molecular flexibility index (Phi) is 2.97. The van der Waals surface area contributed by atoms with Crippen LogP contribution >= 0.6 is 15.9 Å². The Morgan fingerprint density at radius 1 is 1.33 bits per heavy atom. The van der Waals surface area contributed by atoms with Crippen molar-refractivity contribution in [2.75, 3.05) is 11.9 Å². The monoisotopic (exact) mass is 265 g/mol. The molecule has 1 aromatic carbocycles. The minimum Gasteiger partial charge on any atom is -0.493 e. The van der Waals surface area contributed by atoms with Crippen LogP contribution in [-0.2, 0) is 0 Å². The Morgan fingerprint density at radius 2 is 2.00 bits per heavy atom. The average molecular weight is 266 g/mol. The van der Waals surface area contributed by atoms with Crippen LogP contribution in [-0.4, -0.2) is 11.9 Å². The first kappa shape index (κ1) is 10.5. The van der Waals surface area contributed by atoms with Gasteiger partial charge in [-0.3, -0.25) is 0 Å². The maximum Gasteiger partial charge on any atom is 0.119 e. The largest absolute Gasteiger partial charge is 0.493 e. The summed E-state index contributed by atoms with van der Waals surface area (Å²) in [6.45, 7) is 0.768. The molecule has 0 amide bonds. The lowest BCUT2D eigenvalue weighted by Gasteiger charge is -2.12. The zero-order valence-electron chi connectivity index (χ0n) is 8.37. The van der Waals surface area contributed by atoms with Gasteiger partial charge in [0.2, 0.25) is 0 Å². The van der Waals surface area contributed by atoms with Crippen molar-refractivity contribution < 1.29 is 4.74 Å². The summed E-state index contributed by atoms with van der Waals surface area (Å²) in [6, 6.07) is 9.35. The molecule has 1 aromatic rings. The smallest absolute Gasteiger partial charge is 0.119 e. The van der Waals surface area contributed by atoms with Gasteiger partial charge < -0.3 is 4.74 Å². The highest BCUT2D eigenvalue weighted by atomic mass is 79.9. The van der Waals surface area contributed by atoms with Gasteiger partial charge in [-0.05, 0) is 37.1 Å². The molecule has 1 aliphatic carbocycles. The van der Waals surface area contributed by atoms with Crippen molar-refractivity contribution in [3.63, 3.8) is 0 Å². The number of hydrogen-bond donors (Lipinski definition) is 0. The van der Waals surface area contributed by atoms with Crippen LogP contribution in [0.1, 0.15) is 18.4 Å². The summed E-state index contributed by atoms with van der Waals surface area (Å²) in [5, 5.41) is 9.65. The van der Waals surface area contributed by atoms with Gasteiger partial charge in [-0.25, -0.2) is 0 Å². The number of halogens is 1. The molecule has 3 heteroatoms. The van der Waals surface area contributed by atoms with Crippen LogP contribution in [0.5, 0.6) is 5.75 Å². The minimum absolute atomic E-state index is 0.369. The zero-order valence-corrected chi connectivity index (χ0v) is 9.96. The van der Waals surface area contributed by atoms with Gasteiger partial charge in [-0.2, -0.15) is 5.26 Å². The van der Waals surface area contributed by atoms with Crippen molar-refractivity contribution in [2.45, 2.75) is 12.8 Å². The van der Waals surface area contributed by atoms with E-state index in [1.165, 1.54) is 12.8 Å². The molecule has 0 spiro atoms. The Morgan fingerprint density at radius 3 is 2.47 bits per heavy atom. The molecule has 0 atom stereocenters. The SMILES string of the molecule is N#Cc1ccc(OCC2(CBr)CC2)cc1. The van der Waals surface area contributed by atoms with Crippen LogP contribution in [0, 0.1) is 16.7 Å². The van der Waals surface area contributed by atoms with E-state index in [4.69, 9.17) is 10.00 Å². The van der Waals surface area contributed by atoms with Crippen LogP contribution in [0.4, 0.5) is 0 Å². The fourth-order valence-electron chi connectivity index (χ4n) is 1.36.